The summed E-state index contributed by atoms with van der Waals surface area (Å²) >= 11 is 8.35. The predicted octanol–water partition coefficient (Wildman–Crippen LogP) is -1.79. The van der Waals surface area contributed by atoms with Crippen LogP contribution in [0.25, 0.3) is 44.8 Å². The molecule has 0 saturated heterocycles. The third kappa shape index (κ3) is 12.7. The maximum Gasteiger partial charge on any atom is 1.00 e. The third-order valence-corrected chi connectivity index (χ3v) is 9.83. The van der Waals surface area contributed by atoms with Crippen LogP contribution in [0.1, 0.15) is 2.80 Å². The van der Waals surface area contributed by atoms with E-state index in [0.29, 0.717) is 22.7 Å². The number of benzene rings is 4. The number of halogens is 2. The molecule has 0 fully saturated rings. The molecule has 0 spiro atoms. The maximum atomic E-state index is 13.5. The molecule has 65 heavy (non-hydrogen) atoms. The smallest absolute Gasteiger partial charge is 1.00 e. The number of thioether (sulfide) groups is 1. The number of aryl methyl sites for hydroxylation is 2. The molecule has 8 rings (SSSR count). The molecule has 0 bridgehead atoms. The first-order valence-corrected chi connectivity index (χ1v) is 20.9. The quantitative estimate of drug-likeness (QED) is 0.0226. The summed E-state index contributed by atoms with van der Waals surface area (Å²) in [5.41, 5.74) is -0.948. The maximum absolute atomic E-state index is 13.5. The molecule has 4 aromatic heterocycles. The van der Waals surface area contributed by atoms with Gasteiger partial charge >= 0.3 is 126 Å². The van der Waals surface area contributed by atoms with Crippen LogP contribution in [0.4, 0.5) is 4.39 Å². The van der Waals surface area contributed by atoms with Gasteiger partial charge in [-0.3, -0.25) is 32.9 Å². The Morgan fingerprint density at radius 2 is 1.03 bits per heavy atom. The molecule has 0 saturated carbocycles. The molecule has 1 N–H and O–H groups in total. The van der Waals surface area contributed by atoms with Gasteiger partial charge in [0, 0.05) is 14.1 Å². The summed E-state index contributed by atoms with van der Waals surface area (Å²) in [6.07, 6.45) is 1.74. The van der Waals surface area contributed by atoms with Gasteiger partial charge in [-0.15, -0.1) is 11.8 Å². The zero-order valence-corrected chi connectivity index (χ0v) is 45.5. The van der Waals surface area contributed by atoms with Gasteiger partial charge in [0.25, 0.3) is 17.6 Å². The molecule has 0 radical (unpaired) electrons. The van der Waals surface area contributed by atoms with Gasteiger partial charge in [-0.25, -0.2) is 37.4 Å². The average molecular weight is 1090 g/mol. The van der Waals surface area contributed by atoms with Gasteiger partial charge in [0.1, 0.15) is 36.7 Å². The Balaban J connectivity index is 0.000000549. The number of aromatic amines is 1. The van der Waals surface area contributed by atoms with E-state index in [4.69, 9.17) is 23.6 Å². The fraction of sp³-hybridized carbons (Fsp3) is 0.0952. The van der Waals surface area contributed by atoms with Gasteiger partial charge in [0.05, 0.1) is 31.3 Å². The Hall–Kier alpha value is -3.68. The van der Waals surface area contributed by atoms with Crippen molar-refractivity contribution >= 4 is 75.1 Å². The number of hydrogen-bond donors (Lipinski definition) is 1. The van der Waals surface area contributed by atoms with Crippen LogP contribution in [0.2, 0.25) is 0 Å². The summed E-state index contributed by atoms with van der Waals surface area (Å²) in [4.78, 5) is 98.9. The van der Waals surface area contributed by atoms with Gasteiger partial charge in [-0.2, -0.15) is 4.98 Å². The summed E-state index contributed by atoms with van der Waals surface area (Å²) in [7, 11) is 1.99. The second-order valence-electron chi connectivity index (χ2n) is 12.2. The Bertz CT molecular complexity index is 3330. The van der Waals surface area contributed by atoms with Crippen molar-refractivity contribution in [2.75, 3.05) is 13.4 Å². The summed E-state index contributed by atoms with van der Waals surface area (Å²) in [6, 6.07) is 35.0. The molecular weight excluding hydrogens is 1050 g/mol. The van der Waals surface area contributed by atoms with E-state index in [-0.39, 0.29) is 142 Å². The molecule has 0 amide bonds. The van der Waals surface area contributed by atoms with Crippen molar-refractivity contribution in [2.24, 2.45) is 14.1 Å². The second kappa shape index (κ2) is 27.8. The van der Waals surface area contributed by atoms with Crippen LogP contribution in [-0.4, -0.2) is 57.3 Å². The van der Waals surface area contributed by atoms with Crippen molar-refractivity contribution in [2.45, 2.75) is 5.03 Å². The van der Waals surface area contributed by atoms with Crippen molar-refractivity contribution in [3.05, 3.63) is 194 Å². The number of H-pyrrole nitrogens is 1. The monoisotopic (exact) mass is 1090 g/mol. The average Bonchev–Trinajstić information content (AvgIpc) is 3.31. The number of para-hydroxylation sites is 4. The Kier molecular flexibility index (Phi) is 23.8. The standard InChI is InChI=1S/C20H16N4O3S.C19H14N4O3S.CH3F.CH2I.CH2O3.2K.H/c1-22-17-15(16(28-2)21-19(22)26)18(25)24(14-11-7-4-8-12-14)20(27)23(17)13-9-5-3-6-10-13;1-21-16-14(15(27)20-18(21)25)17(24)23(13-10-6-3-7-11-13)19(26)22(16)12-8-4-2-5-9-12;2*1-2;2-1-4-3;;;/h3-12H,1-2H3;2-11H,1H3,(H,20,25,27);1H3;1H2;1,3H;;;/q;;;+1;;2*+1;-1/p-1/i;;1D;;;;;. The SMILES string of the molecule is CSc1nc(=O)n(C)c2c1c(=O)n(-c1ccccc1)c(=O)n2-c1ccccc1.Cn1c(=O)[nH]c(=S)c2c(=O)n(-c3ccccc3)c(=O)n(-c3ccccc3)c21.O=CO[O-].[2H]CF.[CH2+]I.[H-].[K+].[K+]. The topological polar surface area (TPSA) is 210 Å². The molecular formula is C42H37FIK2N8O9S2+. The number of alkyl halides is 1. The molecule has 4 aromatic carbocycles. The number of hydrogen-bond acceptors (Lipinski definition) is 12. The fourth-order valence-corrected chi connectivity index (χ4v) is 7.06. The number of nitrogens with zero attached hydrogens (tertiary/aromatic N) is 7. The number of rotatable bonds is 6. The molecule has 0 unspecified atom stereocenters. The summed E-state index contributed by atoms with van der Waals surface area (Å²) in [6.45, 7) is -0.181. The Labute approximate surface area is 479 Å². The van der Waals surface area contributed by atoms with E-state index >= 15 is 0 Å². The predicted molar refractivity (Wildman–Crippen MR) is 250 cm³/mol. The van der Waals surface area contributed by atoms with Gasteiger partial charge < -0.3 is 11.6 Å². The molecule has 17 nitrogen and oxygen atoms in total. The first kappa shape index (κ1) is 55.6. The zero-order valence-electron chi connectivity index (χ0n) is 37.4. The molecule has 0 atom stereocenters. The third-order valence-electron chi connectivity index (χ3n) is 8.85. The minimum absolute atomic E-state index is 0. The van der Waals surface area contributed by atoms with Crippen LogP contribution < -0.4 is 142 Å². The fourth-order valence-electron chi connectivity index (χ4n) is 6.24. The van der Waals surface area contributed by atoms with E-state index < -0.39 is 41.0 Å². The molecule has 326 valence electrons. The summed E-state index contributed by atoms with van der Waals surface area (Å²) < 4.78 is 22.8. The normalized spacial score (nSPS) is 10.0. The van der Waals surface area contributed by atoms with E-state index in [1.165, 1.54) is 44.1 Å². The van der Waals surface area contributed by atoms with Crippen molar-refractivity contribution in [3.63, 3.8) is 0 Å². The summed E-state index contributed by atoms with van der Waals surface area (Å²) in [5, 5.41) is 9.04. The van der Waals surface area contributed by atoms with Crippen molar-refractivity contribution < 1.29 is 125 Å². The van der Waals surface area contributed by atoms with Crippen LogP contribution in [0.15, 0.2) is 155 Å². The second-order valence-corrected chi connectivity index (χ2v) is 13.4. The van der Waals surface area contributed by atoms with Crippen molar-refractivity contribution in [1.29, 1.82) is 0 Å². The van der Waals surface area contributed by atoms with Gasteiger partial charge in [-0.05, 0) is 54.8 Å². The number of carbonyl (C=O) groups excluding carboxylic acids is 1. The van der Waals surface area contributed by atoms with E-state index in [1.807, 2.05) is 40.8 Å². The minimum atomic E-state index is -1.00. The van der Waals surface area contributed by atoms with Crippen LogP contribution in [0, 0.1) is 9.57 Å². The van der Waals surface area contributed by atoms with Crippen LogP contribution in [0.3, 0.4) is 0 Å². The number of aromatic nitrogens is 8. The van der Waals surface area contributed by atoms with Crippen LogP contribution in [0.5, 0.6) is 0 Å². The summed E-state index contributed by atoms with van der Waals surface area (Å²) in [5.74, 6) is 0. The Morgan fingerprint density at radius 1 is 0.708 bits per heavy atom. The molecule has 0 aliphatic carbocycles. The van der Waals surface area contributed by atoms with E-state index in [0.717, 1.165) is 9.13 Å². The van der Waals surface area contributed by atoms with E-state index in [9.17, 15) is 33.2 Å². The number of fused-ring (bicyclic) bond motifs is 2. The van der Waals surface area contributed by atoms with Gasteiger partial charge in [0.15, 0.2) is 0 Å². The van der Waals surface area contributed by atoms with E-state index in [2.05, 4.69) is 19.8 Å². The molecule has 0 aliphatic rings. The number of nitrogens with one attached hydrogen (secondary N) is 1. The van der Waals surface area contributed by atoms with Crippen molar-refractivity contribution in [1.82, 2.24) is 37.4 Å². The molecule has 0 aliphatic heterocycles. The minimum Gasteiger partial charge on any atom is -1.00 e. The first-order chi connectivity index (χ1) is 30.9. The Morgan fingerprint density at radius 3 is 1.37 bits per heavy atom. The first-order valence-electron chi connectivity index (χ1n) is 18.5. The van der Waals surface area contributed by atoms with Crippen molar-refractivity contribution in [3.8, 4) is 22.7 Å². The molecule has 23 heteroatoms. The largest absolute Gasteiger partial charge is 1.00 e. The van der Waals surface area contributed by atoms with E-state index in [1.54, 1.807) is 109 Å². The molecule has 8 aromatic rings. The number of carbonyl (C=O) groups is 1. The molecule has 4 heterocycles. The van der Waals surface area contributed by atoms with Crippen LogP contribution >= 0.6 is 46.6 Å². The van der Waals surface area contributed by atoms with Gasteiger partial charge in [-0.1, -0.05) is 85.0 Å². The van der Waals surface area contributed by atoms with Gasteiger partial charge in [0.2, 0.25) is 22.6 Å². The zero-order chi connectivity index (χ0) is 47.1. The van der Waals surface area contributed by atoms with Crippen LogP contribution in [-0.2, 0) is 23.8 Å².